The van der Waals surface area contributed by atoms with E-state index in [9.17, 15) is 23.2 Å². The minimum absolute atomic E-state index is 0.0150. The Balaban J connectivity index is 1.43. The summed E-state index contributed by atoms with van der Waals surface area (Å²) in [5, 5.41) is 8.61. The van der Waals surface area contributed by atoms with Crippen molar-refractivity contribution in [3.63, 3.8) is 0 Å². The molecular formula is C28H33F2N5O5. The van der Waals surface area contributed by atoms with Gasteiger partial charge in [0.2, 0.25) is 0 Å². The summed E-state index contributed by atoms with van der Waals surface area (Å²) in [6.45, 7) is 2.27. The molecule has 12 heteroatoms. The lowest BCUT2D eigenvalue weighted by molar-refractivity contribution is -0.137. The number of para-hydroxylation sites is 1. The predicted octanol–water partition coefficient (Wildman–Crippen LogP) is 3.07. The number of amides is 4. The molecule has 2 aliphatic heterocycles. The first kappa shape index (κ1) is 29.0. The second-order valence-corrected chi connectivity index (χ2v) is 9.48. The van der Waals surface area contributed by atoms with Crippen LogP contribution in [0.1, 0.15) is 24.4 Å². The molecule has 4 amide bonds. The molecule has 4 rings (SSSR count). The van der Waals surface area contributed by atoms with E-state index in [0.29, 0.717) is 6.54 Å². The summed E-state index contributed by atoms with van der Waals surface area (Å²) in [4.78, 5) is 42.2. The average molecular weight is 558 g/mol. The Labute approximate surface area is 231 Å². The number of urea groups is 2. The molecule has 2 aromatic rings. The summed E-state index contributed by atoms with van der Waals surface area (Å²) < 4.78 is 37.9. The summed E-state index contributed by atoms with van der Waals surface area (Å²) in [5.41, 5.74) is 1.13. The second-order valence-electron chi connectivity index (χ2n) is 9.48. The molecule has 3 N–H and O–H groups in total. The highest BCUT2D eigenvalue weighted by Gasteiger charge is 2.43. The minimum atomic E-state index is -1.38. The van der Waals surface area contributed by atoms with Crippen LogP contribution in [0.4, 0.5) is 24.1 Å². The minimum Gasteiger partial charge on any atom is -0.466 e. The summed E-state index contributed by atoms with van der Waals surface area (Å²) in [5.74, 6) is -3.16. The summed E-state index contributed by atoms with van der Waals surface area (Å²) in [6.07, 6.45) is 1.87. The number of hydrogen-bond donors (Lipinski definition) is 3. The number of carbonyl (C=O) groups excluding carboxylic acids is 3. The fraction of sp³-hybridized carbons (Fsp3) is 0.393. The zero-order valence-electron chi connectivity index (χ0n) is 22.4. The zero-order valence-corrected chi connectivity index (χ0v) is 22.4. The van der Waals surface area contributed by atoms with Gasteiger partial charge in [0.1, 0.15) is 6.04 Å². The molecule has 2 aromatic carbocycles. The van der Waals surface area contributed by atoms with Crippen molar-refractivity contribution in [2.75, 3.05) is 51.9 Å². The van der Waals surface area contributed by atoms with E-state index in [1.807, 2.05) is 18.2 Å². The van der Waals surface area contributed by atoms with Crippen LogP contribution in [-0.2, 0) is 14.3 Å². The number of ether oxygens (including phenoxy) is 2. The Morgan fingerprint density at radius 1 is 1.02 bits per heavy atom. The van der Waals surface area contributed by atoms with Gasteiger partial charge in [-0.2, -0.15) is 0 Å². The molecule has 0 saturated carbocycles. The van der Waals surface area contributed by atoms with Crippen molar-refractivity contribution in [1.82, 2.24) is 20.9 Å². The van der Waals surface area contributed by atoms with Crippen LogP contribution in [-0.4, -0.2) is 76.0 Å². The lowest BCUT2D eigenvalue weighted by atomic mass is 9.93. The quantitative estimate of drug-likeness (QED) is 0.321. The topological polar surface area (TPSA) is 112 Å². The largest absolute Gasteiger partial charge is 0.466 e. The molecule has 1 atom stereocenters. The number of methoxy groups -OCH3 is 2. The monoisotopic (exact) mass is 557 g/mol. The first-order valence-electron chi connectivity index (χ1n) is 13.0. The van der Waals surface area contributed by atoms with Crippen molar-refractivity contribution in [3.05, 3.63) is 77.0 Å². The van der Waals surface area contributed by atoms with Crippen LogP contribution in [0.5, 0.6) is 0 Å². The van der Waals surface area contributed by atoms with Crippen molar-refractivity contribution in [3.8, 4) is 0 Å². The maximum Gasteiger partial charge on any atom is 0.338 e. The molecule has 0 bridgehead atoms. The number of anilines is 1. The predicted molar refractivity (Wildman–Crippen MR) is 143 cm³/mol. The van der Waals surface area contributed by atoms with Gasteiger partial charge < -0.3 is 30.3 Å². The second kappa shape index (κ2) is 13.4. The number of halogens is 2. The third-order valence-corrected chi connectivity index (χ3v) is 6.96. The maximum absolute atomic E-state index is 14.2. The number of benzene rings is 2. The van der Waals surface area contributed by atoms with Crippen LogP contribution in [0.3, 0.4) is 0 Å². The third kappa shape index (κ3) is 6.57. The van der Waals surface area contributed by atoms with Gasteiger partial charge in [0.25, 0.3) is 0 Å². The fourth-order valence-electron chi connectivity index (χ4n) is 4.99. The molecule has 0 unspecified atom stereocenters. The van der Waals surface area contributed by atoms with Crippen molar-refractivity contribution in [2.24, 2.45) is 0 Å². The van der Waals surface area contributed by atoms with Gasteiger partial charge in [0.05, 0.1) is 25.0 Å². The highest BCUT2D eigenvalue weighted by Crippen LogP contribution is 2.35. The highest BCUT2D eigenvalue weighted by molar-refractivity contribution is 6.01. The number of nitrogens with zero attached hydrogens (tertiary/aromatic N) is 2. The average Bonchev–Trinajstić information content (AvgIpc) is 2.97. The van der Waals surface area contributed by atoms with Gasteiger partial charge in [-0.05, 0) is 42.7 Å². The Morgan fingerprint density at radius 2 is 1.75 bits per heavy atom. The lowest BCUT2D eigenvalue weighted by Gasteiger charge is -2.37. The van der Waals surface area contributed by atoms with Gasteiger partial charge in [-0.25, -0.2) is 28.1 Å². The van der Waals surface area contributed by atoms with Crippen LogP contribution < -0.4 is 20.9 Å². The van der Waals surface area contributed by atoms with E-state index in [-0.39, 0.29) is 36.0 Å². The summed E-state index contributed by atoms with van der Waals surface area (Å²) >= 11 is 0. The van der Waals surface area contributed by atoms with Crippen LogP contribution in [0.15, 0.2) is 59.8 Å². The molecule has 1 fully saturated rings. The molecular weight excluding hydrogens is 524 g/mol. The van der Waals surface area contributed by atoms with E-state index in [2.05, 4.69) is 33.0 Å². The summed E-state index contributed by atoms with van der Waals surface area (Å²) in [6, 6.07) is 10.4. The van der Waals surface area contributed by atoms with E-state index < -0.39 is 35.7 Å². The molecule has 2 aliphatic rings. The van der Waals surface area contributed by atoms with Crippen molar-refractivity contribution in [2.45, 2.75) is 24.9 Å². The normalized spacial score (nSPS) is 18.0. The van der Waals surface area contributed by atoms with Crippen molar-refractivity contribution in [1.29, 1.82) is 0 Å². The number of esters is 1. The number of imide groups is 1. The first-order chi connectivity index (χ1) is 19.3. The Morgan fingerprint density at radius 3 is 2.40 bits per heavy atom. The van der Waals surface area contributed by atoms with Crippen molar-refractivity contribution >= 4 is 23.7 Å². The number of hydrogen-bond acceptors (Lipinski definition) is 7. The molecule has 0 aliphatic carbocycles. The van der Waals surface area contributed by atoms with E-state index in [1.165, 1.54) is 18.9 Å². The van der Waals surface area contributed by atoms with E-state index in [1.54, 1.807) is 0 Å². The zero-order chi connectivity index (χ0) is 28.6. The molecule has 214 valence electrons. The number of carbonyl (C=O) groups is 3. The standard InChI is InChI=1S/C28H33F2N5O5/c1-39-17-23-24(26(36)40-2)25(18-8-9-21(29)22(30)16-18)35(28(38)33-23)27(37)32-13-12-31-19-10-14-34(15-11-19)20-6-4-3-5-7-20/h3-9,16,19,25,31H,10-15,17H2,1-2H3,(H,32,37)(H,33,38)/t25-/m0/s1. The van der Waals surface area contributed by atoms with Gasteiger partial charge in [-0.1, -0.05) is 24.3 Å². The Bertz CT molecular complexity index is 1250. The Kier molecular flexibility index (Phi) is 9.67. The molecule has 0 aromatic heterocycles. The van der Waals surface area contributed by atoms with Crippen LogP contribution >= 0.6 is 0 Å². The van der Waals surface area contributed by atoms with Crippen molar-refractivity contribution < 1.29 is 32.6 Å². The number of piperidine rings is 1. The Hall–Kier alpha value is -4.03. The van der Waals surface area contributed by atoms with Gasteiger partial charge in [0.15, 0.2) is 11.6 Å². The van der Waals surface area contributed by atoms with Gasteiger partial charge >= 0.3 is 18.0 Å². The summed E-state index contributed by atoms with van der Waals surface area (Å²) in [7, 11) is 2.50. The molecule has 1 saturated heterocycles. The van der Waals surface area contributed by atoms with Gasteiger partial charge in [-0.3, -0.25) is 0 Å². The van der Waals surface area contributed by atoms with E-state index in [4.69, 9.17) is 9.47 Å². The highest BCUT2D eigenvalue weighted by atomic mass is 19.2. The fourth-order valence-corrected chi connectivity index (χ4v) is 4.99. The lowest BCUT2D eigenvalue weighted by Crippen LogP contribution is -2.56. The first-order valence-corrected chi connectivity index (χ1v) is 13.0. The third-order valence-electron chi connectivity index (χ3n) is 6.96. The molecule has 10 nitrogen and oxygen atoms in total. The molecule has 2 heterocycles. The van der Waals surface area contributed by atoms with Gasteiger partial charge in [-0.15, -0.1) is 0 Å². The van der Waals surface area contributed by atoms with Crippen LogP contribution in [0.2, 0.25) is 0 Å². The maximum atomic E-state index is 14.2. The molecule has 40 heavy (non-hydrogen) atoms. The van der Waals surface area contributed by atoms with Gasteiger partial charge in [0, 0.05) is 45.0 Å². The number of nitrogens with one attached hydrogen (secondary N) is 3. The molecule has 0 radical (unpaired) electrons. The van der Waals surface area contributed by atoms with E-state index >= 15 is 0 Å². The van der Waals surface area contributed by atoms with Crippen LogP contribution in [0.25, 0.3) is 0 Å². The molecule has 0 spiro atoms. The SMILES string of the molecule is COCC1=C(C(=O)OC)[C@H](c2ccc(F)c(F)c2)N(C(=O)NCCNC2CCN(c3ccccc3)CC2)C(=O)N1. The van der Waals surface area contributed by atoms with E-state index in [0.717, 1.165) is 50.1 Å². The smallest absolute Gasteiger partial charge is 0.338 e. The van der Waals surface area contributed by atoms with Crippen LogP contribution in [0, 0.1) is 11.6 Å². The number of rotatable bonds is 9.